The van der Waals surface area contributed by atoms with Crippen LogP contribution in [0.15, 0.2) is 18.2 Å². The Balaban J connectivity index is 3.12. The molecule has 1 unspecified atom stereocenters. The molecule has 2 nitrogen and oxygen atoms in total. The van der Waals surface area contributed by atoms with Crippen molar-refractivity contribution in [1.29, 1.82) is 0 Å². The first kappa shape index (κ1) is 9.23. The fourth-order valence-electron chi connectivity index (χ4n) is 1.44. The highest BCUT2D eigenvalue weighted by atomic mass is 16.3. The Kier molecular flexibility index (Phi) is 2.84. The van der Waals surface area contributed by atoms with Crippen LogP contribution < -0.4 is 0 Å². The zero-order chi connectivity index (χ0) is 9.14. The fourth-order valence-corrected chi connectivity index (χ4v) is 1.44. The van der Waals surface area contributed by atoms with Gasteiger partial charge in [-0.05, 0) is 30.5 Å². The number of hydrogen-bond donors (Lipinski definition) is 2. The van der Waals surface area contributed by atoms with E-state index in [-0.39, 0.29) is 6.61 Å². The molecule has 0 bridgehead atoms. The van der Waals surface area contributed by atoms with Gasteiger partial charge in [0.15, 0.2) is 0 Å². The zero-order valence-electron chi connectivity index (χ0n) is 7.41. The Bertz CT molecular complexity index is 248. The Labute approximate surface area is 72.5 Å². The molecule has 2 heteroatoms. The highest BCUT2D eigenvalue weighted by Crippen LogP contribution is 2.20. The molecule has 0 aromatic heterocycles. The van der Waals surface area contributed by atoms with Gasteiger partial charge in [-0.25, -0.2) is 0 Å². The van der Waals surface area contributed by atoms with E-state index in [9.17, 15) is 5.11 Å². The van der Waals surface area contributed by atoms with Crippen molar-refractivity contribution in [3.05, 3.63) is 34.9 Å². The zero-order valence-corrected chi connectivity index (χ0v) is 7.41. The van der Waals surface area contributed by atoms with Gasteiger partial charge in [-0.3, -0.25) is 0 Å². The van der Waals surface area contributed by atoms with Gasteiger partial charge >= 0.3 is 0 Å². The van der Waals surface area contributed by atoms with Crippen molar-refractivity contribution in [2.75, 3.05) is 6.61 Å². The lowest BCUT2D eigenvalue weighted by Gasteiger charge is -2.13. The molecule has 1 aromatic rings. The van der Waals surface area contributed by atoms with Crippen molar-refractivity contribution in [2.24, 2.45) is 0 Å². The van der Waals surface area contributed by atoms with Crippen LogP contribution in [0, 0.1) is 13.8 Å². The summed E-state index contributed by atoms with van der Waals surface area (Å²) in [7, 11) is 0. The molecule has 12 heavy (non-hydrogen) atoms. The van der Waals surface area contributed by atoms with Crippen molar-refractivity contribution >= 4 is 0 Å². The Morgan fingerprint density at radius 2 is 1.75 bits per heavy atom. The molecule has 0 aliphatic heterocycles. The van der Waals surface area contributed by atoms with E-state index < -0.39 is 6.10 Å². The minimum absolute atomic E-state index is 0.217. The first-order valence-electron chi connectivity index (χ1n) is 4.02. The second kappa shape index (κ2) is 3.70. The summed E-state index contributed by atoms with van der Waals surface area (Å²) in [6.45, 7) is 3.65. The van der Waals surface area contributed by atoms with Crippen molar-refractivity contribution in [2.45, 2.75) is 20.0 Å². The molecule has 0 heterocycles. The molecule has 1 aromatic carbocycles. The summed E-state index contributed by atoms with van der Waals surface area (Å²) in [5.74, 6) is 0. The molecule has 0 saturated carbocycles. The van der Waals surface area contributed by atoms with Gasteiger partial charge in [-0.1, -0.05) is 18.2 Å². The average Bonchev–Trinajstić information content (AvgIpc) is 2.03. The predicted octanol–water partition coefficient (Wildman–Crippen LogP) is 1.33. The van der Waals surface area contributed by atoms with Crippen LogP contribution in [0.4, 0.5) is 0 Å². The lowest BCUT2D eigenvalue weighted by Crippen LogP contribution is -2.06. The summed E-state index contributed by atoms with van der Waals surface area (Å²) in [6.07, 6.45) is -0.744. The summed E-state index contributed by atoms with van der Waals surface area (Å²) in [4.78, 5) is 0. The third kappa shape index (κ3) is 1.65. The van der Waals surface area contributed by atoms with E-state index in [2.05, 4.69) is 0 Å². The quantitative estimate of drug-likeness (QED) is 0.695. The first-order valence-corrected chi connectivity index (χ1v) is 4.02. The number of aliphatic hydroxyl groups excluding tert-OH is 2. The van der Waals surface area contributed by atoms with E-state index in [1.165, 1.54) is 0 Å². The second-order valence-corrected chi connectivity index (χ2v) is 3.00. The SMILES string of the molecule is Cc1cccc(C)c1C(O)CO. The fraction of sp³-hybridized carbons (Fsp3) is 0.400. The molecule has 1 rings (SSSR count). The lowest BCUT2D eigenvalue weighted by atomic mass is 9.98. The van der Waals surface area contributed by atoms with Gasteiger partial charge in [0.2, 0.25) is 0 Å². The lowest BCUT2D eigenvalue weighted by molar-refractivity contribution is 0.0946. The minimum atomic E-state index is -0.744. The molecule has 0 fully saturated rings. The molecule has 0 spiro atoms. The van der Waals surface area contributed by atoms with Crippen LogP contribution in [-0.4, -0.2) is 16.8 Å². The van der Waals surface area contributed by atoms with Gasteiger partial charge < -0.3 is 10.2 Å². The second-order valence-electron chi connectivity index (χ2n) is 3.00. The molecule has 0 amide bonds. The highest BCUT2D eigenvalue weighted by molar-refractivity contribution is 5.35. The number of benzene rings is 1. The Morgan fingerprint density at radius 1 is 1.25 bits per heavy atom. The van der Waals surface area contributed by atoms with Crippen LogP contribution in [0.1, 0.15) is 22.8 Å². The van der Waals surface area contributed by atoms with Crippen LogP contribution >= 0.6 is 0 Å². The molecule has 1 atom stereocenters. The van der Waals surface area contributed by atoms with Gasteiger partial charge in [0.05, 0.1) is 6.61 Å². The van der Waals surface area contributed by atoms with E-state index in [4.69, 9.17) is 5.11 Å². The van der Waals surface area contributed by atoms with Crippen LogP contribution in [-0.2, 0) is 0 Å². The maximum atomic E-state index is 9.44. The van der Waals surface area contributed by atoms with Crippen LogP contribution in [0.25, 0.3) is 0 Å². The van der Waals surface area contributed by atoms with Crippen molar-refractivity contribution in [3.8, 4) is 0 Å². The summed E-state index contributed by atoms with van der Waals surface area (Å²) in [6, 6.07) is 5.81. The van der Waals surface area contributed by atoms with E-state index in [0.717, 1.165) is 16.7 Å². The summed E-state index contributed by atoms with van der Waals surface area (Å²) in [5, 5.41) is 18.2. The summed E-state index contributed by atoms with van der Waals surface area (Å²) >= 11 is 0. The maximum Gasteiger partial charge on any atom is 0.103 e. The van der Waals surface area contributed by atoms with Crippen LogP contribution in [0.5, 0.6) is 0 Å². The molecule has 0 saturated heterocycles. The Hall–Kier alpha value is -0.860. The normalized spacial score (nSPS) is 13.0. The number of aliphatic hydroxyl groups is 2. The van der Waals surface area contributed by atoms with Crippen LogP contribution in [0.2, 0.25) is 0 Å². The Morgan fingerprint density at radius 3 is 2.17 bits per heavy atom. The van der Waals surface area contributed by atoms with Crippen molar-refractivity contribution in [3.63, 3.8) is 0 Å². The van der Waals surface area contributed by atoms with Gasteiger partial charge in [0, 0.05) is 0 Å². The molecule has 0 aliphatic rings. The molecule has 0 aliphatic carbocycles. The third-order valence-corrected chi connectivity index (χ3v) is 2.05. The summed E-state index contributed by atoms with van der Waals surface area (Å²) < 4.78 is 0. The van der Waals surface area contributed by atoms with E-state index in [1.54, 1.807) is 0 Å². The van der Waals surface area contributed by atoms with Gasteiger partial charge in [0.25, 0.3) is 0 Å². The van der Waals surface area contributed by atoms with Crippen LogP contribution in [0.3, 0.4) is 0 Å². The third-order valence-electron chi connectivity index (χ3n) is 2.05. The number of aryl methyl sites for hydroxylation is 2. The molecule has 66 valence electrons. The standard InChI is InChI=1S/C10H14O2/c1-7-4-3-5-8(2)10(7)9(12)6-11/h3-5,9,11-12H,6H2,1-2H3. The number of hydrogen-bond acceptors (Lipinski definition) is 2. The largest absolute Gasteiger partial charge is 0.393 e. The predicted molar refractivity (Wildman–Crippen MR) is 48.0 cm³/mol. The monoisotopic (exact) mass is 166 g/mol. The minimum Gasteiger partial charge on any atom is -0.393 e. The van der Waals surface area contributed by atoms with Gasteiger partial charge in [-0.15, -0.1) is 0 Å². The molecule has 0 radical (unpaired) electrons. The van der Waals surface area contributed by atoms with Gasteiger partial charge in [0.1, 0.15) is 6.10 Å². The van der Waals surface area contributed by atoms with E-state index in [1.807, 2.05) is 32.0 Å². The van der Waals surface area contributed by atoms with Gasteiger partial charge in [-0.2, -0.15) is 0 Å². The topological polar surface area (TPSA) is 40.5 Å². The average molecular weight is 166 g/mol. The smallest absolute Gasteiger partial charge is 0.103 e. The number of rotatable bonds is 2. The van der Waals surface area contributed by atoms with Crippen molar-refractivity contribution in [1.82, 2.24) is 0 Å². The molecule has 2 N–H and O–H groups in total. The molecular weight excluding hydrogens is 152 g/mol. The summed E-state index contributed by atoms with van der Waals surface area (Å²) in [5.41, 5.74) is 2.90. The van der Waals surface area contributed by atoms with E-state index >= 15 is 0 Å². The maximum absolute atomic E-state index is 9.44. The first-order chi connectivity index (χ1) is 5.66. The van der Waals surface area contributed by atoms with E-state index in [0.29, 0.717) is 0 Å². The van der Waals surface area contributed by atoms with Crippen molar-refractivity contribution < 1.29 is 10.2 Å². The molecular formula is C10H14O2. The highest BCUT2D eigenvalue weighted by Gasteiger charge is 2.10.